The predicted octanol–water partition coefficient (Wildman–Crippen LogP) is 1.97. The van der Waals surface area contributed by atoms with Crippen molar-refractivity contribution < 1.29 is 5.11 Å². The van der Waals surface area contributed by atoms with E-state index in [0.717, 1.165) is 17.1 Å². The van der Waals surface area contributed by atoms with Crippen LogP contribution in [0.4, 0.5) is 0 Å². The molecule has 0 aromatic heterocycles. The summed E-state index contributed by atoms with van der Waals surface area (Å²) in [5.74, 6) is 1.89. The van der Waals surface area contributed by atoms with Crippen LogP contribution >= 0.6 is 11.8 Å². The van der Waals surface area contributed by atoms with Crippen LogP contribution in [-0.2, 0) is 5.75 Å². The third-order valence-electron chi connectivity index (χ3n) is 1.95. The number of aliphatic hydroxyl groups is 1. The highest BCUT2D eigenvalue weighted by Gasteiger charge is 2.16. The molecule has 1 aliphatic heterocycles. The van der Waals surface area contributed by atoms with Crippen molar-refractivity contribution in [1.29, 1.82) is 0 Å². The van der Waals surface area contributed by atoms with Gasteiger partial charge in [0.05, 0.1) is 6.10 Å². The van der Waals surface area contributed by atoms with Gasteiger partial charge in [0.25, 0.3) is 0 Å². The number of fused-ring (bicyclic) bond motifs is 1. The minimum Gasteiger partial charge on any atom is -0.388 e. The van der Waals surface area contributed by atoms with E-state index in [9.17, 15) is 5.11 Å². The third kappa shape index (κ3) is 1.28. The molecule has 1 atom stereocenters. The Morgan fingerprint density at radius 2 is 2.18 bits per heavy atom. The summed E-state index contributed by atoms with van der Waals surface area (Å²) in [5.41, 5.74) is 2.41. The standard InChI is InChI=1S/C9H10OS/c10-9-6-11-5-7-3-1-2-4-8(7)9/h1-4,9-10H,5-6H2/t9-/m0/s1. The van der Waals surface area contributed by atoms with Gasteiger partial charge in [-0.3, -0.25) is 0 Å². The second-order valence-electron chi connectivity index (χ2n) is 2.73. The van der Waals surface area contributed by atoms with Gasteiger partial charge in [-0.25, -0.2) is 0 Å². The Bertz CT molecular complexity index is 259. The molecule has 0 aliphatic carbocycles. The van der Waals surface area contributed by atoms with Gasteiger partial charge in [0.2, 0.25) is 0 Å². The summed E-state index contributed by atoms with van der Waals surface area (Å²) in [7, 11) is 0. The summed E-state index contributed by atoms with van der Waals surface area (Å²) in [6, 6.07) is 8.11. The molecule has 0 spiro atoms. The van der Waals surface area contributed by atoms with E-state index in [4.69, 9.17) is 0 Å². The Balaban J connectivity index is 2.44. The second-order valence-corrected chi connectivity index (χ2v) is 3.76. The number of hydrogen-bond donors (Lipinski definition) is 1. The molecule has 2 rings (SSSR count). The molecule has 0 fully saturated rings. The maximum absolute atomic E-state index is 9.54. The molecule has 1 aromatic rings. The van der Waals surface area contributed by atoms with Gasteiger partial charge in [0.1, 0.15) is 0 Å². The molecule has 1 aromatic carbocycles. The average molecular weight is 166 g/mol. The summed E-state index contributed by atoms with van der Waals surface area (Å²) in [6.07, 6.45) is -0.245. The summed E-state index contributed by atoms with van der Waals surface area (Å²) in [4.78, 5) is 0. The Kier molecular flexibility index (Phi) is 1.88. The van der Waals surface area contributed by atoms with Crippen molar-refractivity contribution in [2.24, 2.45) is 0 Å². The van der Waals surface area contributed by atoms with Crippen molar-refractivity contribution in [2.45, 2.75) is 11.9 Å². The van der Waals surface area contributed by atoms with E-state index < -0.39 is 0 Å². The van der Waals surface area contributed by atoms with Crippen molar-refractivity contribution in [3.05, 3.63) is 35.4 Å². The van der Waals surface area contributed by atoms with Gasteiger partial charge in [-0.15, -0.1) is 0 Å². The molecule has 0 bridgehead atoms. The Labute approximate surface area is 70.4 Å². The first-order chi connectivity index (χ1) is 5.38. The van der Waals surface area contributed by atoms with E-state index in [-0.39, 0.29) is 6.10 Å². The van der Waals surface area contributed by atoms with Crippen LogP contribution in [0.5, 0.6) is 0 Å². The third-order valence-corrected chi connectivity index (χ3v) is 3.01. The molecule has 0 saturated heterocycles. The van der Waals surface area contributed by atoms with Crippen LogP contribution in [0, 0.1) is 0 Å². The van der Waals surface area contributed by atoms with Gasteiger partial charge in [-0.05, 0) is 11.1 Å². The molecule has 1 heterocycles. The fourth-order valence-corrected chi connectivity index (χ4v) is 2.36. The van der Waals surface area contributed by atoms with E-state index in [1.54, 1.807) is 11.8 Å². The zero-order valence-corrected chi connectivity index (χ0v) is 6.97. The van der Waals surface area contributed by atoms with Crippen molar-refractivity contribution in [1.82, 2.24) is 0 Å². The van der Waals surface area contributed by atoms with Crippen LogP contribution in [0.2, 0.25) is 0 Å². The van der Waals surface area contributed by atoms with Gasteiger partial charge in [-0.1, -0.05) is 24.3 Å². The van der Waals surface area contributed by atoms with Crippen LogP contribution in [0.3, 0.4) is 0 Å². The van der Waals surface area contributed by atoms with Gasteiger partial charge >= 0.3 is 0 Å². The monoisotopic (exact) mass is 166 g/mol. The lowest BCUT2D eigenvalue weighted by atomic mass is 10.0. The Morgan fingerprint density at radius 1 is 1.36 bits per heavy atom. The molecule has 0 saturated carbocycles. The van der Waals surface area contributed by atoms with Gasteiger partial charge < -0.3 is 5.11 Å². The normalized spacial score (nSPS) is 22.8. The van der Waals surface area contributed by atoms with E-state index in [1.807, 2.05) is 18.2 Å². The first kappa shape index (κ1) is 7.19. The fourth-order valence-electron chi connectivity index (χ4n) is 1.36. The fraction of sp³-hybridized carbons (Fsp3) is 0.333. The van der Waals surface area contributed by atoms with Crippen LogP contribution in [0.1, 0.15) is 17.2 Å². The topological polar surface area (TPSA) is 20.2 Å². The maximum atomic E-state index is 9.54. The summed E-state index contributed by atoms with van der Waals surface area (Å²) >= 11 is 1.80. The van der Waals surface area contributed by atoms with Crippen molar-refractivity contribution in [2.75, 3.05) is 5.75 Å². The Morgan fingerprint density at radius 3 is 3.00 bits per heavy atom. The molecule has 11 heavy (non-hydrogen) atoms. The lowest BCUT2D eigenvalue weighted by Crippen LogP contribution is -2.09. The number of rotatable bonds is 0. The first-order valence-corrected chi connectivity index (χ1v) is 4.87. The lowest BCUT2D eigenvalue weighted by Gasteiger charge is -2.20. The number of benzene rings is 1. The SMILES string of the molecule is O[C@H]1CSCc2ccccc21. The van der Waals surface area contributed by atoms with Crippen LogP contribution in [-0.4, -0.2) is 10.9 Å². The van der Waals surface area contributed by atoms with Crippen molar-refractivity contribution in [3.63, 3.8) is 0 Å². The highest BCUT2D eigenvalue weighted by atomic mass is 32.2. The van der Waals surface area contributed by atoms with Crippen molar-refractivity contribution >= 4 is 11.8 Å². The van der Waals surface area contributed by atoms with Crippen molar-refractivity contribution in [3.8, 4) is 0 Å². The van der Waals surface area contributed by atoms with Gasteiger partial charge in [-0.2, -0.15) is 11.8 Å². The second kappa shape index (κ2) is 2.88. The number of thioether (sulfide) groups is 1. The molecular formula is C9H10OS. The maximum Gasteiger partial charge on any atom is 0.0883 e. The minimum atomic E-state index is -0.245. The lowest BCUT2D eigenvalue weighted by molar-refractivity contribution is 0.202. The number of aliphatic hydroxyl groups excluding tert-OH is 1. The molecule has 0 unspecified atom stereocenters. The molecule has 58 valence electrons. The van der Waals surface area contributed by atoms with E-state index in [0.29, 0.717) is 0 Å². The largest absolute Gasteiger partial charge is 0.388 e. The van der Waals surface area contributed by atoms with Crippen LogP contribution in [0.25, 0.3) is 0 Å². The molecular weight excluding hydrogens is 156 g/mol. The molecule has 0 amide bonds. The first-order valence-electron chi connectivity index (χ1n) is 3.71. The van der Waals surface area contributed by atoms with E-state index >= 15 is 0 Å². The molecule has 1 aliphatic rings. The van der Waals surface area contributed by atoms with Crippen LogP contribution in [0.15, 0.2) is 24.3 Å². The quantitative estimate of drug-likeness (QED) is 0.636. The zero-order chi connectivity index (χ0) is 7.68. The van der Waals surface area contributed by atoms with Crippen LogP contribution < -0.4 is 0 Å². The van der Waals surface area contributed by atoms with E-state index in [2.05, 4.69) is 6.07 Å². The summed E-state index contributed by atoms with van der Waals surface area (Å²) in [5, 5.41) is 9.54. The smallest absolute Gasteiger partial charge is 0.0883 e. The minimum absolute atomic E-state index is 0.245. The predicted molar refractivity (Wildman–Crippen MR) is 47.6 cm³/mol. The summed E-state index contributed by atoms with van der Waals surface area (Å²) < 4.78 is 0. The molecule has 1 nitrogen and oxygen atoms in total. The molecule has 1 N–H and O–H groups in total. The number of hydrogen-bond acceptors (Lipinski definition) is 2. The van der Waals surface area contributed by atoms with Gasteiger partial charge in [0, 0.05) is 11.5 Å². The highest BCUT2D eigenvalue weighted by Crippen LogP contribution is 2.30. The molecule has 2 heteroatoms. The highest BCUT2D eigenvalue weighted by molar-refractivity contribution is 7.98. The molecule has 0 radical (unpaired) electrons. The zero-order valence-electron chi connectivity index (χ0n) is 6.16. The van der Waals surface area contributed by atoms with Gasteiger partial charge in [0.15, 0.2) is 0 Å². The Hall–Kier alpha value is -0.470. The average Bonchev–Trinajstić information content (AvgIpc) is 2.06. The van der Waals surface area contributed by atoms with E-state index in [1.165, 1.54) is 5.56 Å². The summed E-state index contributed by atoms with van der Waals surface area (Å²) in [6.45, 7) is 0.